The normalized spacial score (nSPS) is 10.3. The second kappa shape index (κ2) is 6.71. The maximum absolute atomic E-state index is 12.1. The van der Waals surface area contributed by atoms with Crippen molar-refractivity contribution in [3.8, 4) is 12.3 Å². The molecule has 0 bridgehead atoms. The van der Waals surface area contributed by atoms with Gasteiger partial charge in [-0.25, -0.2) is 0 Å². The van der Waals surface area contributed by atoms with Crippen molar-refractivity contribution in [1.82, 2.24) is 4.98 Å². The Morgan fingerprint density at radius 2 is 1.87 bits per heavy atom. The molecule has 74 valence electrons. The summed E-state index contributed by atoms with van der Waals surface area (Å²) in [6, 6.07) is 1.45. The van der Waals surface area contributed by atoms with Gasteiger partial charge in [0.05, 0.1) is 0 Å². The van der Waals surface area contributed by atoms with Crippen LogP contribution in [0.2, 0.25) is 0 Å². The van der Waals surface area contributed by atoms with Gasteiger partial charge in [-0.15, -0.1) is 12.3 Å². The van der Waals surface area contributed by atoms with Gasteiger partial charge in [0.15, 0.2) is 0 Å². The summed E-state index contributed by atoms with van der Waals surface area (Å²) >= 11 is 0. The van der Waals surface area contributed by atoms with Crippen molar-refractivity contribution in [3.05, 3.63) is 29.6 Å². The predicted molar refractivity (Wildman–Crippen MR) is 49.6 cm³/mol. The monoisotopic (exact) mass is 237 g/mol. The first-order valence-electron chi connectivity index (χ1n) is 4.08. The zero-order chi connectivity index (χ0) is 10.6. The molecule has 0 saturated carbocycles. The largest absolute Gasteiger partial charge is 1.00 e. The van der Waals surface area contributed by atoms with Crippen LogP contribution in [0.5, 0.6) is 0 Å². The zero-order valence-corrected chi connectivity index (χ0v) is 11.5. The molecule has 0 radical (unpaired) electrons. The van der Waals surface area contributed by atoms with E-state index in [1.807, 2.05) is 0 Å². The van der Waals surface area contributed by atoms with Crippen LogP contribution in [0.3, 0.4) is 0 Å². The molecule has 0 saturated heterocycles. The summed E-state index contributed by atoms with van der Waals surface area (Å²) in [6.07, 6.45) is 7.15. The SMILES string of the molecule is C#CCc1cncc(C[B-](F)(F)F)c1.[K+]. The van der Waals surface area contributed by atoms with E-state index in [0.29, 0.717) is 12.0 Å². The van der Waals surface area contributed by atoms with E-state index in [-0.39, 0.29) is 56.9 Å². The Morgan fingerprint density at radius 1 is 1.27 bits per heavy atom. The van der Waals surface area contributed by atoms with Crippen LogP contribution in [0.4, 0.5) is 12.9 Å². The molecule has 0 fully saturated rings. The van der Waals surface area contributed by atoms with Crippen LogP contribution in [-0.4, -0.2) is 12.0 Å². The minimum absolute atomic E-state index is 0. The summed E-state index contributed by atoms with van der Waals surface area (Å²) in [5.41, 5.74) is 0.815. The molecule has 0 aliphatic heterocycles. The van der Waals surface area contributed by atoms with Gasteiger partial charge in [-0.2, -0.15) is 0 Å². The molecule has 0 amide bonds. The second-order valence-corrected chi connectivity index (χ2v) is 3.00. The second-order valence-electron chi connectivity index (χ2n) is 3.00. The van der Waals surface area contributed by atoms with Crippen LogP contribution in [0, 0.1) is 12.3 Å². The third-order valence-corrected chi connectivity index (χ3v) is 1.62. The van der Waals surface area contributed by atoms with Gasteiger partial charge in [0, 0.05) is 18.8 Å². The number of aromatic nitrogens is 1. The van der Waals surface area contributed by atoms with Gasteiger partial charge in [0.1, 0.15) is 0 Å². The number of halogens is 3. The third-order valence-electron chi connectivity index (χ3n) is 1.62. The summed E-state index contributed by atoms with van der Waals surface area (Å²) < 4.78 is 36.2. The first-order valence-corrected chi connectivity index (χ1v) is 4.08. The van der Waals surface area contributed by atoms with Crippen molar-refractivity contribution in [1.29, 1.82) is 0 Å². The van der Waals surface area contributed by atoms with E-state index in [1.54, 1.807) is 0 Å². The fraction of sp³-hybridized carbons (Fsp3) is 0.222. The predicted octanol–water partition coefficient (Wildman–Crippen LogP) is -0.810. The molecule has 1 aromatic heterocycles. The smallest absolute Gasteiger partial charge is 0.449 e. The van der Waals surface area contributed by atoms with Gasteiger partial charge in [-0.05, 0) is 5.56 Å². The molecule has 0 aliphatic rings. The number of nitrogens with zero attached hydrogens (tertiary/aromatic N) is 1. The quantitative estimate of drug-likeness (QED) is 0.495. The Hall–Kier alpha value is 0.201. The number of hydrogen-bond donors (Lipinski definition) is 0. The van der Waals surface area contributed by atoms with Crippen molar-refractivity contribution in [2.45, 2.75) is 12.7 Å². The van der Waals surface area contributed by atoms with Gasteiger partial charge in [-0.1, -0.05) is 17.9 Å². The molecule has 15 heavy (non-hydrogen) atoms. The Morgan fingerprint density at radius 3 is 2.40 bits per heavy atom. The van der Waals surface area contributed by atoms with E-state index in [1.165, 1.54) is 18.5 Å². The van der Waals surface area contributed by atoms with Crippen molar-refractivity contribution in [2.75, 3.05) is 0 Å². The molecule has 1 rings (SSSR count). The zero-order valence-electron chi connectivity index (χ0n) is 8.38. The first-order chi connectivity index (χ1) is 6.51. The minimum atomic E-state index is -4.80. The summed E-state index contributed by atoms with van der Waals surface area (Å²) in [4.78, 5) is 3.70. The van der Waals surface area contributed by atoms with Crippen LogP contribution in [0.15, 0.2) is 18.5 Å². The molecule has 6 heteroatoms. The van der Waals surface area contributed by atoms with E-state index < -0.39 is 13.3 Å². The summed E-state index contributed by atoms with van der Waals surface area (Å²) in [5, 5.41) is 0. The minimum Gasteiger partial charge on any atom is -0.449 e. The van der Waals surface area contributed by atoms with Crippen molar-refractivity contribution < 1.29 is 64.3 Å². The Balaban J connectivity index is 0.00000196. The fourth-order valence-corrected chi connectivity index (χ4v) is 1.13. The van der Waals surface area contributed by atoms with Crippen LogP contribution >= 0.6 is 0 Å². The third kappa shape index (κ3) is 6.38. The molecule has 0 atom stereocenters. The van der Waals surface area contributed by atoms with Gasteiger partial charge in [0.2, 0.25) is 0 Å². The Kier molecular flexibility index (Phi) is 6.80. The van der Waals surface area contributed by atoms with Crippen molar-refractivity contribution in [3.63, 3.8) is 0 Å². The molecule has 0 spiro atoms. The summed E-state index contributed by atoms with van der Waals surface area (Å²) in [7, 11) is 0. The Labute approximate surface area is 129 Å². The van der Waals surface area contributed by atoms with Gasteiger partial charge in [0.25, 0.3) is 0 Å². The average Bonchev–Trinajstić information content (AvgIpc) is 2.02. The molecule has 0 N–H and O–H groups in total. The van der Waals surface area contributed by atoms with E-state index in [2.05, 4.69) is 10.9 Å². The van der Waals surface area contributed by atoms with E-state index in [9.17, 15) is 12.9 Å². The van der Waals surface area contributed by atoms with Crippen LogP contribution in [0.1, 0.15) is 11.1 Å². The molecular formula is C9H8BF3KN. The van der Waals surface area contributed by atoms with Crippen LogP contribution < -0.4 is 51.4 Å². The number of pyridine rings is 1. The van der Waals surface area contributed by atoms with Gasteiger partial charge in [-0.3, -0.25) is 4.98 Å². The summed E-state index contributed by atoms with van der Waals surface area (Å²) in [5.74, 6) is 2.36. The topological polar surface area (TPSA) is 12.9 Å². The van der Waals surface area contributed by atoms with E-state index in [0.717, 1.165) is 0 Å². The standard InChI is InChI=1S/C9H8BF3N.K/c1-2-3-8-4-9(7-14-6-8)5-10(11,12)13;/h1,4,6-7H,3,5H2;/q-1;+1. The average molecular weight is 237 g/mol. The van der Waals surface area contributed by atoms with Crippen molar-refractivity contribution in [2.24, 2.45) is 0 Å². The fourth-order valence-electron chi connectivity index (χ4n) is 1.13. The van der Waals surface area contributed by atoms with Crippen LogP contribution in [-0.2, 0) is 12.7 Å². The number of hydrogen-bond acceptors (Lipinski definition) is 1. The number of rotatable bonds is 3. The maximum atomic E-state index is 12.1. The summed E-state index contributed by atoms with van der Waals surface area (Å²) in [6.45, 7) is -4.80. The molecule has 1 aromatic rings. The van der Waals surface area contributed by atoms with E-state index >= 15 is 0 Å². The maximum Gasteiger partial charge on any atom is 1.00 e. The molecule has 0 aliphatic carbocycles. The van der Waals surface area contributed by atoms with Gasteiger partial charge >= 0.3 is 58.4 Å². The number of terminal acetylenes is 1. The Bertz CT molecular complexity index is 359. The molecular weight excluding hydrogens is 229 g/mol. The first kappa shape index (κ1) is 15.2. The van der Waals surface area contributed by atoms with Crippen LogP contribution in [0.25, 0.3) is 0 Å². The molecule has 0 unspecified atom stereocenters. The molecule has 1 heterocycles. The van der Waals surface area contributed by atoms with Gasteiger partial charge < -0.3 is 12.9 Å². The molecule has 1 nitrogen and oxygen atoms in total. The van der Waals surface area contributed by atoms with Crippen molar-refractivity contribution >= 4 is 6.98 Å². The van der Waals surface area contributed by atoms with E-state index in [4.69, 9.17) is 6.42 Å². The molecule has 0 aromatic carbocycles.